The minimum atomic E-state index is -0.953. The van der Waals surface area contributed by atoms with Gasteiger partial charge in [0.2, 0.25) is 0 Å². The highest BCUT2D eigenvalue weighted by atomic mass is 32.2. The summed E-state index contributed by atoms with van der Waals surface area (Å²) in [5.74, 6) is -0.953. The number of rotatable bonds is 3. The second-order valence-electron chi connectivity index (χ2n) is 3.34. The van der Waals surface area contributed by atoms with Gasteiger partial charge in [-0.25, -0.2) is 4.79 Å². The number of carbonyl (C=O) groups is 1. The lowest BCUT2D eigenvalue weighted by Crippen LogP contribution is -2.30. The molecular formula is C10H11NO3S. The third-order valence-electron chi connectivity index (χ3n) is 2.16. The molecule has 80 valence electrons. The van der Waals surface area contributed by atoms with Crippen molar-refractivity contribution in [1.29, 1.82) is 0 Å². The molecule has 1 aromatic carbocycles. The summed E-state index contributed by atoms with van der Waals surface area (Å²) in [6.45, 7) is 1.48. The van der Waals surface area contributed by atoms with E-state index in [0.717, 1.165) is 18.1 Å². The number of anilines is 1. The Balaban J connectivity index is 2.14. The number of nitrogens with two attached hydrogens (primary N) is 1. The first kappa shape index (κ1) is 10.3. The summed E-state index contributed by atoms with van der Waals surface area (Å²) in [5, 5.41) is 9.20. The first-order chi connectivity index (χ1) is 7.16. The van der Waals surface area contributed by atoms with Crippen molar-refractivity contribution < 1.29 is 14.6 Å². The molecule has 15 heavy (non-hydrogen) atoms. The number of carboxylic acids is 1. The number of hydrogen-bond donors (Lipinski definition) is 2. The molecule has 2 rings (SSSR count). The average molecular weight is 225 g/mol. The van der Waals surface area contributed by atoms with Gasteiger partial charge in [-0.1, -0.05) is 0 Å². The molecule has 1 aliphatic heterocycles. The summed E-state index contributed by atoms with van der Waals surface area (Å²) in [5.41, 5.74) is 6.51. The highest BCUT2D eigenvalue weighted by Crippen LogP contribution is 2.32. The molecule has 0 aromatic heterocycles. The lowest BCUT2D eigenvalue weighted by molar-refractivity contribution is 0.0455. The van der Waals surface area contributed by atoms with Crippen molar-refractivity contribution in [3.63, 3.8) is 0 Å². The first-order valence-electron chi connectivity index (χ1n) is 4.54. The molecule has 1 aromatic rings. The molecule has 3 N–H and O–H groups in total. The molecule has 0 saturated carbocycles. The van der Waals surface area contributed by atoms with Crippen molar-refractivity contribution >= 4 is 23.4 Å². The van der Waals surface area contributed by atoms with Crippen molar-refractivity contribution in [3.05, 3.63) is 23.8 Å². The van der Waals surface area contributed by atoms with Crippen LogP contribution in [0.4, 0.5) is 5.69 Å². The third kappa shape index (κ3) is 2.24. The van der Waals surface area contributed by atoms with E-state index in [0.29, 0.717) is 10.9 Å². The van der Waals surface area contributed by atoms with Crippen LogP contribution in [0.3, 0.4) is 0 Å². The second kappa shape index (κ2) is 4.12. The maximum absolute atomic E-state index is 10.7. The SMILES string of the molecule is Nc1cc(C(=O)O)ccc1SC1COC1. The average Bonchev–Trinajstić information content (AvgIpc) is 2.12. The summed E-state index contributed by atoms with van der Waals surface area (Å²) < 4.78 is 5.05. The predicted octanol–water partition coefficient (Wildman–Crippen LogP) is 1.46. The minimum Gasteiger partial charge on any atom is -0.478 e. The number of aromatic carboxylic acids is 1. The normalized spacial score (nSPS) is 16.0. The van der Waals surface area contributed by atoms with Gasteiger partial charge < -0.3 is 15.6 Å². The Bertz CT molecular complexity index is 390. The van der Waals surface area contributed by atoms with Crippen LogP contribution in [0.15, 0.2) is 23.1 Å². The van der Waals surface area contributed by atoms with E-state index >= 15 is 0 Å². The van der Waals surface area contributed by atoms with Gasteiger partial charge in [0.1, 0.15) is 0 Å². The van der Waals surface area contributed by atoms with Crippen LogP contribution in [0, 0.1) is 0 Å². The van der Waals surface area contributed by atoms with E-state index in [1.807, 2.05) is 0 Å². The van der Waals surface area contributed by atoms with Crippen LogP contribution < -0.4 is 5.73 Å². The summed E-state index contributed by atoms with van der Waals surface area (Å²) in [7, 11) is 0. The molecular weight excluding hydrogens is 214 g/mol. The fraction of sp³-hybridized carbons (Fsp3) is 0.300. The summed E-state index contributed by atoms with van der Waals surface area (Å²) >= 11 is 1.63. The van der Waals surface area contributed by atoms with E-state index in [1.165, 1.54) is 6.07 Å². The Hall–Kier alpha value is -1.20. The largest absolute Gasteiger partial charge is 0.478 e. The molecule has 0 amide bonds. The maximum Gasteiger partial charge on any atom is 0.335 e. The van der Waals surface area contributed by atoms with Crippen molar-refractivity contribution in [1.82, 2.24) is 0 Å². The molecule has 1 heterocycles. The van der Waals surface area contributed by atoms with E-state index in [9.17, 15) is 4.79 Å². The number of carboxylic acid groups (broad SMARTS) is 1. The van der Waals surface area contributed by atoms with Crippen LogP contribution in [0.25, 0.3) is 0 Å². The Kier molecular flexibility index (Phi) is 2.83. The van der Waals surface area contributed by atoms with Crippen LogP contribution in [0.1, 0.15) is 10.4 Å². The number of thioether (sulfide) groups is 1. The maximum atomic E-state index is 10.7. The van der Waals surface area contributed by atoms with Crippen LogP contribution in [0.5, 0.6) is 0 Å². The molecule has 0 bridgehead atoms. The Morgan fingerprint density at radius 2 is 2.27 bits per heavy atom. The van der Waals surface area contributed by atoms with E-state index in [1.54, 1.807) is 23.9 Å². The van der Waals surface area contributed by atoms with Gasteiger partial charge in [0, 0.05) is 10.6 Å². The smallest absolute Gasteiger partial charge is 0.335 e. The first-order valence-corrected chi connectivity index (χ1v) is 5.42. The summed E-state index contributed by atoms with van der Waals surface area (Å²) in [6.07, 6.45) is 0. The highest BCUT2D eigenvalue weighted by molar-refractivity contribution is 8.00. The Labute approximate surface area is 91.4 Å². The summed E-state index contributed by atoms with van der Waals surface area (Å²) in [6, 6.07) is 4.81. The minimum absolute atomic E-state index is 0.224. The van der Waals surface area contributed by atoms with Gasteiger partial charge in [-0.05, 0) is 18.2 Å². The van der Waals surface area contributed by atoms with Gasteiger partial charge >= 0.3 is 5.97 Å². The quantitative estimate of drug-likeness (QED) is 0.762. The molecule has 1 aliphatic rings. The standard InChI is InChI=1S/C10H11NO3S/c11-8-3-6(10(12)13)1-2-9(8)15-7-4-14-5-7/h1-3,7H,4-5,11H2,(H,12,13). The molecule has 0 aliphatic carbocycles. The molecule has 1 saturated heterocycles. The Morgan fingerprint density at radius 1 is 1.53 bits per heavy atom. The van der Waals surface area contributed by atoms with Gasteiger partial charge in [0.05, 0.1) is 24.0 Å². The lowest BCUT2D eigenvalue weighted by atomic mass is 10.2. The number of benzene rings is 1. The molecule has 0 atom stereocenters. The van der Waals surface area contributed by atoms with Crippen molar-refractivity contribution in [3.8, 4) is 0 Å². The highest BCUT2D eigenvalue weighted by Gasteiger charge is 2.20. The van der Waals surface area contributed by atoms with Crippen LogP contribution in [-0.2, 0) is 4.74 Å². The van der Waals surface area contributed by atoms with Gasteiger partial charge in [0.25, 0.3) is 0 Å². The zero-order valence-corrected chi connectivity index (χ0v) is 8.79. The number of ether oxygens (including phenoxy) is 1. The second-order valence-corrected chi connectivity index (χ2v) is 4.68. The van der Waals surface area contributed by atoms with Crippen molar-refractivity contribution in [2.24, 2.45) is 0 Å². The third-order valence-corrected chi connectivity index (χ3v) is 3.39. The van der Waals surface area contributed by atoms with Crippen LogP contribution in [-0.4, -0.2) is 29.5 Å². The molecule has 0 radical (unpaired) electrons. The lowest BCUT2D eigenvalue weighted by Gasteiger charge is -2.25. The molecule has 0 unspecified atom stereocenters. The van der Waals surface area contributed by atoms with Crippen molar-refractivity contribution in [2.45, 2.75) is 10.1 Å². The topological polar surface area (TPSA) is 72.6 Å². The van der Waals surface area contributed by atoms with Crippen LogP contribution >= 0.6 is 11.8 Å². The van der Waals surface area contributed by atoms with E-state index in [2.05, 4.69) is 0 Å². The van der Waals surface area contributed by atoms with E-state index < -0.39 is 5.97 Å². The van der Waals surface area contributed by atoms with Crippen LogP contribution in [0.2, 0.25) is 0 Å². The zero-order chi connectivity index (χ0) is 10.8. The zero-order valence-electron chi connectivity index (χ0n) is 7.97. The molecule has 4 nitrogen and oxygen atoms in total. The van der Waals surface area contributed by atoms with Crippen molar-refractivity contribution in [2.75, 3.05) is 18.9 Å². The fourth-order valence-electron chi connectivity index (χ4n) is 1.25. The van der Waals surface area contributed by atoms with Gasteiger partial charge in [-0.3, -0.25) is 0 Å². The number of nitrogen functional groups attached to an aromatic ring is 1. The van der Waals surface area contributed by atoms with Gasteiger partial charge in [-0.15, -0.1) is 11.8 Å². The van der Waals surface area contributed by atoms with Gasteiger partial charge in [0.15, 0.2) is 0 Å². The van der Waals surface area contributed by atoms with E-state index in [-0.39, 0.29) is 5.56 Å². The van der Waals surface area contributed by atoms with E-state index in [4.69, 9.17) is 15.6 Å². The molecule has 1 fully saturated rings. The fourth-order valence-corrected chi connectivity index (χ4v) is 2.28. The molecule has 5 heteroatoms. The summed E-state index contributed by atoms with van der Waals surface area (Å²) in [4.78, 5) is 11.6. The van der Waals surface area contributed by atoms with Gasteiger partial charge in [-0.2, -0.15) is 0 Å². The Morgan fingerprint density at radius 3 is 2.73 bits per heavy atom. The number of hydrogen-bond acceptors (Lipinski definition) is 4. The predicted molar refractivity (Wildman–Crippen MR) is 58.3 cm³/mol. The monoisotopic (exact) mass is 225 g/mol. The molecule has 0 spiro atoms.